The fourth-order valence-corrected chi connectivity index (χ4v) is 19.0. The Labute approximate surface area is 186 Å². The molecule has 5 aliphatic rings. The first kappa shape index (κ1) is 21.2. The molecule has 5 rings (SSSR count). The van der Waals surface area contributed by atoms with Crippen molar-refractivity contribution in [2.45, 2.75) is 114 Å². The van der Waals surface area contributed by atoms with E-state index in [0.717, 1.165) is 57.8 Å². The van der Waals surface area contributed by atoms with E-state index in [1.165, 1.54) is 44.9 Å². The number of rotatable bonds is 3. The lowest BCUT2D eigenvalue weighted by molar-refractivity contribution is 0.273. The number of fused-ring (bicyclic) bond motifs is 2. The van der Waals surface area contributed by atoms with Crippen LogP contribution in [0.4, 0.5) is 0 Å². The van der Waals surface area contributed by atoms with Crippen LogP contribution in [0.25, 0.3) is 0 Å². The largest absolute Gasteiger partial charge is 0.130 e. The van der Waals surface area contributed by atoms with Gasteiger partial charge in [-0.05, 0) is 77.2 Å². The van der Waals surface area contributed by atoms with Crippen molar-refractivity contribution in [1.29, 1.82) is 0 Å². The van der Waals surface area contributed by atoms with Crippen molar-refractivity contribution in [3.63, 3.8) is 0 Å². The Morgan fingerprint density at radius 3 is 2.24 bits per heavy atom. The van der Waals surface area contributed by atoms with Gasteiger partial charge in [0.15, 0.2) is 0 Å². The van der Waals surface area contributed by atoms with Gasteiger partial charge in [0, 0.05) is 5.25 Å². The first-order valence-corrected chi connectivity index (χ1v) is 17.3. The summed E-state index contributed by atoms with van der Waals surface area (Å²) in [5.41, 5.74) is 4.09. The summed E-state index contributed by atoms with van der Waals surface area (Å²) in [6.45, 7) is 13.6. The van der Waals surface area contributed by atoms with E-state index >= 15 is 0 Å². The lowest BCUT2D eigenvalue weighted by atomic mass is 9.73. The van der Waals surface area contributed by atoms with Crippen LogP contribution in [0, 0.1) is 41.4 Å². The Morgan fingerprint density at radius 1 is 0.759 bits per heavy atom. The van der Waals surface area contributed by atoms with Crippen molar-refractivity contribution in [3.8, 4) is 0 Å². The van der Waals surface area contributed by atoms with Gasteiger partial charge in [0.05, 0.1) is 8.07 Å². The smallest absolute Gasteiger partial charge is 0.0555 e. The van der Waals surface area contributed by atoms with Gasteiger partial charge >= 0.3 is 0 Å². The highest BCUT2D eigenvalue weighted by Crippen LogP contribution is 2.66. The van der Waals surface area contributed by atoms with Gasteiger partial charge in [-0.1, -0.05) is 84.4 Å². The van der Waals surface area contributed by atoms with Gasteiger partial charge in [-0.2, -0.15) is 0 Å². The Kier molecular flexibility index (Phi) is 5.85. The second-order valence-corrected chi connectivity index (χ2v) is 18.7. The lowest BCUT2D eigenvalue weighted by Crippen LogP contribution is -2.46. The second kappa shape index (κ2) is 8.02. The molecule has 164 valence electrons. The molecule has 0 spiro atoms. The number of allylic oxidation sites excluding steroid dienone is 1. The van der Waals surface area contributed by atoms with E-state index in [1.807, 2.05) is 5.57 Å². The molecule has 29 heavy (non-hydrogen) atoms. The molecule has 4 saturated carbocycles. The topological polar surface area (TPSA) is 0 Å². The number of thioether (sulfide) groups is 1. The maximum absolute atomic E-state index is 2.86. The Balaban J connectivity index is 1.38. The van der Waals surface area contributed by atoms with Crippen molar-refractivity contribution >= 4 is 19.8 Å². The van der Waals surface area contributed by atoms with E-state index < -0.39 is 8.07 Å². The zero-order chi connectivity index (χ0) is 20.3. The maximum Gasteiger partial charge on any atom is 0.0555 e. The molecule has 10 atom stereocenters. The van der Waals surface area contributed by atoms with E-state index in [9.17, 15) is 0 Å². The Morgan fingerprint density at radius 2 is 1.45 bits per heavy atom. The average molecular weight is 431 g/mol. The first-order chi connectivity index (χ1) is 13.9. The quantitative estimate of drug-likeness (QED) is 0.403. The fourth-order valence-electron chi connectivity index (χ4n) is 9.89. The van der Waals surface area contributed by atoms with Crippen molar-refractivity contribution < 1.29 is 0 Å². The molecule has 0 aromatic rings. The van der Waals surface area contributed by atoms with Crippen molar-refractivity contribution in [2.24, 2.45) is 41.4 Å². The molecule has 4 aliphatic carbocycles. The highest BCUT2D eigenvalue weighted by molar-refractivity contribution is 8.03. The van der Waals surface area contributed by atoms with Crippen LogP contribution in [0.3, 0.4) is 0 Å². The van der Waals surface area contributed by atoms with Crippen LogP contribution in [0.2, 0.25) is 24.2 Å². The predicted octanol–water partition coefficient (Wildman–Crippen LogP) is 8.76. The molecule has 0 nitrogen and oxygen atoms in total. The lowest BCUT2D eigenvalue weighted by Gasteiger charge is -2.46. The molecule has 1 aliphatic heterocycles. The first-order valence-electron chi connectivity index (χ1n) is 13.2. The number of hydrogen-bond acceptors (Lipinski definition) is 1. The summed E-state index contributed by atoms with van der Waals surface area (Å²) in [5, 5.41) is 3.66. The van der Waals surface area contributed by atoms with E-state index in [1.54, 1.807) is 19.3 Å². The summed E-state index contributed by atoms with van der Waals surface area (Å²) >= 11 is 2.32. The molecule has 4 fully saturated rings. The van der Waals surface area contributed by atoms with Gasteiger partial charge in [-0.15, -0.1) is 11.8 Å². The normalized spacial score (nSPS) is 50.3. The third kappa shape index (κ3) is 3.45. The summed E-state index contributed by atoms with van der Waals surface area (Å²) in [5.74, 6) is 6.97. The Hall–Kier alpha value is 0.307. The van der Waals surface area contributed by atoms with Crippen LogP contribution in [0.15, 0.2) is 11.0 Å². The van der Waals surface area contributed by atoms with Crippen LogP contribution in [0.1, 0.15) is 85.0 Å². The molecule has 0 aromatic heterocycles. The van der Waals surface area contributed by atoms with Crippen LogP contribution < -0.4 is 0 Å². The van der Waals surface area contributed by atoms with Crippen LogP contribution in [-0.2, 0) is 0 Å². The van der Waals surface area contributed by atoms with E-state index in [-0.39, 0.29) is 0 Å². The van der Waals surface area contributed by atoms with Gasteiger partial charge in [-0.25, -0.2) is 0 Å². The highest BCUT2D eigenvalue weighted by atomic mass is 32.2. The summed E-state index contributed by atoms with van der Waals surface area (Å²) in [4.78, 5) is 0. The highest BCUT2D eigenvalue weighted by Gasteiger charge is 2.59. The minimum absolute atomic E-state index is 0.926. The predicted molar refractivity (Wildman–Crippen MR) is 132 cm³/mol. The SMILES string of the molecule is CC1CCCCC1C1=CSC2C1CC(C)C2[Si](C)(C)C1C(C)CC2CCCCC21. The monoisotopic (exact) mass is 430 g/mol. The molecule has 0 radical (unpaired) electrons. The standard InChI is InChI=1S/C27H46SSi/c1-17-10-6-8-12-21(17)24-16-28-25-23(24)15-19(3)27(25)29(4,5)26-18(2)14-20-11-7-9-13-22(20)26/h16-23,25-27H,6-15H2,1-5H3. The molecule has 0 bridgehead atoms. The summed E-state index contributed by atoms with van der Waals surface area (Å²) in [7, 11) is -1.31. The van der Waals surface area contributed by atoms with Gasteiger partial charge in [0.2, 0.25) is 0 Å². The molecule has 10 unspecified atom stereocenters. The molecule has 2 heteroatoms. The Bertz CT molecular complexity index is 638. The van der Waals surface area contributed by atoms with Gasteiger partial charge in [0.25, 0.3) is 0 Å². The average Bonchev–Trinajstić information content (AvgIpc) is 3.32. The van der Waals surface area contributed by atoms with Crippen LogP contribution >= 0.6 is 11.8 Å². The summed E-state index contributed by atoms with van der Waals surface area (Å²) in [6, 6.07) is 0. The minimum atomic E-state index is -1.31. The van der Waals surface area contributed by atoms with Gasteiger partial charge in [-0.3, -0.25) is 0 Å². The van der Waals surface area contributed by atoms with Crippen molar-refractivity contribution in [1.82, 2.24) is 0 Å². The molecule has 0 N–H and O–H groups in total. The number of hydrogen-bond donors (Lipinski definition) is 0. The maximum atomic E-state index is 2.86. The molecule has 1 heterocycles. The third-order valence-electron chi connectivity index (χ3n) is 10.8. The third-order valence-corrected chi connectivity index (χ3v) is 17.7. The molecular weight excluding hydrogens is 384 g/mol. The van der Waals surface area contributed by atoms with E-state index in [2.05, 4.69) is 51.0 Å². The summed E-state index contributed by atoms with van der Waals surface area (Å²) in [6.07, 6.45) is 15.2. The van der Waals surface area contributed by atoms with Gasteiger partial charge in [0.1, 0.15) is 0 Å². The summed E-state index contributed by atoms with van der Waals surface area (Å²) < 4.78 is 0. The molecule has 0 aromatic carbocycles. The van der Waals surface area contributed by atoms with Crippen LogP contribution in [0.5, 0.6) is 0 Å². The van der Waals surface area contributed by atoms with Gasteiger partial charge < -0.3 is 0 Å². The minimum Gasteiger partial charge on any atom is -0.130 e. The van der Waals surface area contributed by atoms with Crippen LogP contribution in [-0.4, -0.2) is 13.3 Å². The molecule has 0 amide bonds. The fraction of sp³-hybridized carbons (Fsp3) is 0.926. The molecule has 0 saturated heterocycles. The zero-order valence-corrected chi connectivity index (χ0v) is 21.6. The van der Waals surface area contributed by atoms with Crippen molar-refractivity contribution in [3.05, 3.63) is 11.0 Å². The van der Waals surface area contributed by atoms with E-state index in [0.29, 0.717) is 0 Å². The zero-order valence-electron chi connectivity index (χ0n) is 19.8. The van der Waals surface area contributed by atoms with E-state index in [4.69, 9.17) is 0 Å². The second-order valence-electron chi connectivity index (χ2n) is 12.7. The molecular formula is C27H46SSi. The van der Waals surface area contributed by atoms with Crippen molar-refractivity contribution in [2.75, 3.05) is 0 Å².